The molecule has 0 aliphatic heterocycles. The van der Waals surface area contributed by atoms with Crippen molar-refractivity contribution in [3.8, 4) is 11.5 Å². The lowest BCUT2D eigenvalue weighted by molar-refractivity contribution is 0.414. The number of ether oxygens (including phenoxy) is 2. The quantitative estimate of drug-likeness (QED) is 0.127. The Labute approximate surface area is 252 Å². The standard InChI is InChI=1S/C32H22F8O4S/c1-43-19-7-3-17(4-8-19)27(13-11-21-29(37)23(33)15-24(34)30(21)38)45(41,42)28(18-5-9-20(44-2)10-6-18)14-12-22-31(39)25(35)16-26(36)32(22)40/h3-16,27-28H,1-2H3/b13-11+,14-12+. The van der Waals surface area contributed by atoms with Crippen molar-refractivity contribution in [3.05, 3.63) is 142 Å². The fraction of sp³-hybridized carbons (Fsp3) is 0.125. The molecule has 4 aromatic rings. The van der Waals surface area contributed by atoms with Gasteiger partial charge in [0.05, 0.1) is 25.3 Å². The van der Waals surface area contributed by atoms with E-state index in [-0.39, 0.29) is 23.3 Å². The number of halogens is 8. The minimum atomic E-state index is -4.76. The van der Waals surface area contributed by atoms with E-state index in [1.54, 1.807) is 0 Å². The molecule has 0 bridgehead atoms. The molecule has 0 saturated carbocycles. The Bertz CT molecular complexity index is 1690. The van der Waals surface area contributed by atoms with Crippen LogP contribution in [0.5, 0.6) is 11.5 Å². The van der Waals surface area contributed by atoms with Crippen LogP contribution in [0.3, 0.4) is 0 Å². The van der Waals surface area contributed by atoms with E-state index >= 15 is 0 Å². The second kappa shape index (κ2) is 13.6. The Morgan fingerprint density at radius 2 is 0.822 bits per heavy atom. The van der Waals surface area contributed by atoms with Crippen LogP contribution in [-0.4, -0.2) is 22.6 Å². The highest BCUT2D eigenvalue weighted by atomic mass is 32.2. The van der Waals surface area contributed by atoms with Gasteiger partial charge in [-0.1, -0.05) is 48.6 Å². The van der Waals surface area contributed by atoms with Crippen molar-refractivity contribution >= 4 is 22.0 Å². The van der Waals surface area contributed by atoms with E-state index < -0.39 is 78.0 Å². The predicted octanol–water partition coefficient (Wildman–Crippen LogP) is 8.44. The van der Waals surface area contributed by atoms with Crippen LogP contribution in [0.25, 0.3) is 12.2 Å². The molecule has 0 aliphatic rings. The summed E-state index contributed by atoms with van der Waals surface area (Å²) in [7, 11) is -2.08. The number of benzene rings is 4. The van der Waals surface area contributed by atoms with E-state index in [2.05, 4.69) is 0 Å². The zero-order valence-corrected chi connectivity index (χ0v) is 24.1. The molecule has 13 heteroatoms. The van der Waals surface area contributed by atoms with Crippen LogP contribution in [0.2, 0.25) is 0 Å². The highest BCUT2D eigenvalue weighted by molar-refractivity contribution is 7.92. The molecule has 4 rings (SSSR count). The topological polar surface area (TPSA) is 52.6 Å². The van der Waals surface area contributed by atoms with Gasteiger partial charge in [0.2, 0.25) is 0 Å². The van der Waals surface area contributed by atoms with Gasteiger partial charge in [0.25, 0.3) is 0 Å². The molecule has 0 heterocycles. The van der Waals surface area contributed by atoms with E-state index in [0.717, 1.165) is 12.2 Å². The third-order valence-corrected chi connectivity index (χ3v) is 9.04. The largest absolute Gasteiger partial charge is 0.497 e. The molecule has 236 valence electrons. The van der Waals surface area contributed by atoms with Crippen LogP contribution in [0.1, 0.15) is 32.8 Å². The van der Waals surface area contributed by atoms with Crippen LogP contribution in [-0.2, 0) is 9.84 Å². The normalized spacial score (nSPS) is 13.4. The predicted molar refractivity (Wildman–Crippen MR) is 151 cm³/mol. The monoisotopic (exact) mass is 654 g/mol. The van der Waals surface area contributed by atoms with Gasteiger partial charge >= 0.3 is 0 Å². The van der Waals surface area contributed by atoms with Crippen LogP contribution in [0.15, 0.2) is 72.8 Å². The van der Waals surface area contributed by atoms with Gasteiger partial charge < -0.3 is 9.47 Å². The lowest BCUT2D eigenvalue weighted by Crippen LogP contribution is -2.19. The molecule has 45 heavy (non-hydrogen) atoms. The minimum Gasteiger partial charge on any atom is -0.497 e. The molecule has 0 N–H and O–H groups in total. The maximum absolute atomic E-state index is 14.5. The van der Waals surface area contributed by atoms with E-state index in [0.29, 0.717) is 23.7 Å². The Balaban J connectivity index is 1.95. The van der Waals surface area contributed by atoms with E-state index in [1.807, 2.05) is 0 Å². The summed E-state index contributed by atoms with van der Waals surface area (Å²) in [6.45, 7) is 0. The number of sulfone groups is 1. The van der Waals surface area contributed by atoms with Gasteiger partial charge in [-0.3, -0.25) is 0 Å². The number of methoxy groups -OCH3 is 2. The summed E-state index contributed by atoms with van der Waals surface area (Å²) in [5.41, 5.74) is -2.47. The van der Waals surface area contributed by atoms with Crippen LogP contribution >= 0.6 is 0 Å². The zero-order chi connectivity index (χ0) is 33.1. The van der Waals surface area contributed by atoms with Gasteiger partial charge in [-0.15, -0.1) is 0 Å². The average Bonchev–Trinajstić information content (AvgIpc) is 3.02. The highest BCUT2D eigenvalue weighted by Crippen LogP contribution is 2.39. The maximum Gasteiger partial charge on any atom is 0.171 e. The van der Waals surface area contributed by atoms with E-state index in [1.165, 1.54) is 62.8 Å². The molecule has 0 amide bonds. The number of hydrogen-bond acceptors (Lipinski definition) is 4. The Morgan fingerprint density at radius 3 is 1.09 bits per heavy atom. The summed E-state index contributed by atoms with van der Waals surface area (Å²) in [6, 6.07) is 10.6. The summed E-state index contributed by atoms with van der Waals surface area (Å²) in [6.07, 6.45) is 2.62. The summed E-state index contributed by atoms with van der Waals surface area (Å²) in [4.78, 5) is 0. The Morgan fingerprint density at radius 1 is 0.533 bits per heavy atom. The summed E-state index contributed by atoms with van der Waals surface area (Å²) in [5, 5.41) is -3.66. The molecule has 0 aromatic heterocycles. The van der Waals surface area contributed by atoms with Crippen molar-refractivity contribution in [1.82, 2.24) is 0 Å². The van der Waals surface area contributed by atoms with Gasteiger partial charge in [0.1, 0.15) is 22.0 Å². The first-order valence-electron chi connectivity index (χ1n) is 12.8. The Hall–Kier alpha value is -4.65. The third kappa shape index (κ3) is 6.88. The van der Waals surface area contributed by atoms with E-state index in [9.17, 15) is 43.5 Å². The third-order valence-electron chi connectivity index (χ3n) is 6.76. The van der Waals surface area contributed by atoms with Crippen LogP contribution in [0.4, 0.5) is 35.1 Å². The zero-order valence-electron chi connectivity index (χ0n) is 23.3. The summed E-state index contributed by atoms with van der Waals surface area (Å²) in [5.74, 6) is -13.5. The second-order valence-electron chi connectivity index (χ2n) is 9.46. The molecule has 0 fully saturated rings. The van der Waals surface area contributed by atoms with Crippen molar-refractivity contribution in [2.75, 3.05) is 14.2 Å². The van der Waals surface area contributed by atoms with Crippen LogP contribution in [0, 0.1) is 46.5 Å². The fourth-order valence-electron chi connectivity index (χ4n) is 4.41. The number of hydrogen-bond donors (Lipinski definition) is 0. The SMILES string of the molecule is COc1ccc(C(/C=C/c2c(F)c(F)cc(F)c2F)S(=O)(=O)C(/C=C/c2c(F)c(F)cc(F)c2F)c2ccc(OC)cc2)cc1. The molecular weight excluding hydrogens is 632 g/mol. The van der Waals surface area contributed by atoms with E-state index in [4.69, 9.17) is 9.47 Å². The first-order valence-corrected chi connectivity index (χ1v) is 14.4. The lowest BCUT2D eigenvalue weighted by Gasteiger charge is -2.22. The van der Waals surface area contributed by atoms with Crippen molar-refractivity contribution in [3.63, 3.8) is 0 Å². The van der Waals surface area contributed by atoms with Crippen molar-refractivity contribution < 1.29 is 53.0 Å². The van der Waals surface area contributed by atoms with Crippen molar-refractivity contribution in [2.45, 2.75) is 10.5 Å². The second-order valence-corrected chi connectivity index (χ2v) is 11.7. The van der Waals surface area contributed by atoms with Gasteiger partial charge in [0.15, 0.2) is 56.4 Å². The van der Waals surface area contributed by atoms with Gasteiger partial charge in [0, 0.05) is 12.1 Å². The first kappa shape index (κ1) is 33.2. The maximum atomic E-state index is 14.5. The summed E-state index contributed by atoms with van der Waals surface area (Å²) >= 11 is 0. The minimum absolute atomic E-state index is 0.0162. The number of rotatable bonds is 10. The van der Waals surface area contributed by atoms with Crippen LogP contribution < -0.4 is 9.47 Å². The molecule has 0 radical (unpaired) electrons. The molecule has 0 saturated heterocycles. The van der Waals surface area contributed by atoms with Crippen molar-refractivity contribution in [2.24, 2.45) is 0 Å². The molecule has 4 aromatic carbocycles. The highest BCUT2D eigenvalue weighted by Gasteiger charge is 2.34. The van der Waals surface area contributed by atoms with Crippen molar-refractivity contribution in [1.29, 1.82) is 0 Å². The molecule has 2 atom stereocenters. The fourth-order valence-corrected chi connectivity index (χ4v) is 6.39. The smallest absolute Gasteiger partial charge is 0.171 e. The molecule has 0 aliphatic carbocycles. The average molecular weight is 655 g/mol. The molecular formula is C32H22F8O4S. The first-order chi connectivity index (χ1) is 21.3. The molecule has 4 nitrogen and oxygen atoms in total. The Kier molecular flexibility index (Phi) is 10.0. The van der Waals surface area contributed by atoms with Gasteiger partial charge in [-0.2, -0.15) is 0 Å². The molecule has 2 unspecified atom stereocenters. The van der Waals surface area contributed by atoms with Gasteiger partial charge in [-0.05, 0) is 35.4 Å². The van der Waals surface area contributed by atoms with Gasteiger partial charge in [-0.25, -0.2) is 43.5 Å². The summed E-state index contributed by atoms with van der Waals surface area (Å²) < 4.78 is 152. The molecule has 0 spiro atoms. The lowest BCUT2D eigenvalue weighted by atomic mass is 10.1.